The van der Waals surface area contributed by atoms with E-state index in [1.165, 1.54) is 37.0 Å². The summed E-state index contributed by atoms with van der Waals surface area (Å²) < 4.78 is 0. The highest BCUT2D eigenvalue weighted by Gasteiger charge is 2.31. The monoisotopic (exact) mass is 488 g/mol. The number of amides is 1. The van der Waals surface area contributed by atoms with Crippen molar-refractivity contribution in [1.29, 1.82) is 0 Å². The van der Waals surface area contributed by atoms with Crippen molar-refractivity contribution in [2.24, 2.45) is 5.92 Å². The van der Waals surface area contributed by atoms with Gasteiger partial charge in [0.15, 0.2) is 0 Å². The van der Waals surface area contributed by atoms with Gasteiger partial charge in [-0.3, -0.25) is 4.79 Å². The predicted molar refractivity (Wildman–Crippen MR) is 146 cm³/mol. The van der Waals surface area contributed by atoms with Gasteiger partial charge in [0.1, 0.15) is 0 Å². The zero-order valence-electron chi connectivity index (χ0n) is 22.6. The first-order valence-electron chi connectivity index (χ1n) is 13.1. The molecule has 1 aliphatic carbocycles. The van der Waals surface area contributed by atoms with E-state index in [1.807, 2.05) is 40.0 Å². The number of hydrogen-bond acceptors (Lipinski definition) is 5. The van der Waals surface area contributed by atoms with Gasteiger partial charge in [0.05, 0.1) is 10.5 Å². The molecule has 3 N–H and O–H groups in total. The lowest BCUT2D eigenvalue weighted by Gasteiger charge is -2.33. The Hall–Kier alpha value is -1.50. The van der Waals surface area contributed by atoms with Crippen LogP contribution < -0.4 is 16.0 Å². The second-order valence-corrected chi connectivity index (χ2v) is 12.3. The van der Waals surface area contributed by atoms with E-state index < -0.39 is 5.54 Å². The Morgan fingerprint density at radius 3 is 2.35 bits per heavy atom. The third-order valence-electron chi connectivity index (χ3n) is 7.13. The second-order valence-electron chi connectivity index (χ2n) is 11.1. The predicted octanol–water partition coefficient (Wildman–Crippen LogP) is 6.01. The maximum atomic E-state index is 12.8. The molecule has 0 aromatic carbocycles. The van der Waals surface area contributed by atoms with Gasteiger partial charge < -0.3 is 16.0 Å². The Morgan fingerprint density at radius 1 is 1.24 bits per heavy atom. The van der Waals surface area contributed by atoms with E-state index in [0.717, 1.165) is 48.1 Å². The molecule has 0 unspecified atom stereocenters. The maximum absolute atomic E-state index is 12.8. The second kappa shape index (κ2) is 13.0. The van der Waals surface area contributed by atoms with Gasteiger partial charge in [0.25, 0.3) is 0 Å². The van der Waals surface area contributed by atoms with Crippen LogP contribution in [-0.4, -0.2) is 35.6 Å². The van der Waals surface area contributed by atoms with E-state index in [1.54, 1.807) is 11.3 Å². The Labute approximate surface area is 212 Å². The summed E-state index contributed by atoms with van der Waals surface area (Å²) in [6, 6.07) is 0.375. The molecule has 0 radical (unpaired) electrons. The maximum Gasteiger partial charge on any atom is 0.243 e. The van der Waals surface area contributed by atoms with Crippen LogP contribution in [0.5, 0.6) is 0 Å². The van der Waals surface area contributed by atoms with Gasteiger partial charge in [0, 0.05) is 28.2 Å². The summed E-state index contributed by atoms with van der Waals surface area (Å²) in [5.41, 5.74) is 0.913. The average Bonchev–Trinajstić information content (AvgIpc) is 3.18. The number of thiazole rings is 1. The molecule has 0 spiro atoms. The lowest BCUT2D eigenvalue weighted by Crippen LogP contribution is -2.57. The molecule has 34 heavy (non-hydrogen) atoms. The Bertz CT molecular complexity index is 829. The van der Waals surface area contributed by atoms with Crippen LogP contribution in [0, 0.1) is 12.8 Å². The zero-order chi connectivity index (χ0) is 25.4. The molecular formula is C28H48N4OS. The minimum Gasteiger partial charge on any atom is -0.328 e. The molecule has 0 bridgehead atoms. The van der Waals surface area contributed by atoms with Crippen LogP contribution in [0.1, 0.15) is 96.4 Å². The first kappa shape index (κ1) is 28.7. The normalized spacial score (nSPS) is 18.0. The molecule has 1 aromatic rings. The van der Waals surface area contributed by atoms with Gasteiger partial charge in [-0.2, -0.15) is 0 Å². The molecule has 1 aliphatic heterocycles. The third kappa shape index (κ3) is 8.62. The van der Waals surface area contributed by atoms with E-state index in [9.17, 15) is 4.79 Å². The number of carbonyl (C=O) groups is 1. The van der Waals surface area contributed by atoms with Gasteiger partial charge in [0.2, 0.25) is 5.91 Å². The van der Waals surface area contributed by atoms with Gasteiger partial charge in [-0.15, -0.1) is 11.3 Å². The fourth-order valence-corrected chi connectivity index (χ4v) is 5.27. The van der Waals surface area contributed by atoms with E-state index >= 15 is 0 Å². The molecule has 2 heterocycles. The summed E-state index contributed by atoms with van der Waals surface area (Å²) in [5, 5.41) is 10.9. The fourth-order valence-electron chi connectivity index (χ4n) is 4.35. The van der Waals surface area contributed by atoms with Gasteiger partial charge in [-0.05, 0) is 71.2 Å². The summed E-state index contributed by atoms with van der Waals surface area (Å²) in [6.45, 7) is 20.6. The average molecular weight is 489 g/mol. The standard InChI is InChI=1S/C21H34N4OS.C7H14/c1-14(20(4,5)18-13-23-16(3)27-18)12-15(2)24-19(26)21(6,7)25-17-8-10-22-11-9-17;1-2-4-7-5-3-6-7/h12-13,17,22,25H,1,8-11H2,2-7H3,(H,24,26);7H,2-6H2,1H3/b15-12+;. The summed E-state index contributed by atoms with van der Waals surface area (Å²) >= 11 is 1.68. The van der Waals surface area contributed by atoms with Crippen molar-refractivity contribution in [3.63, 3.8) is 0 Å². The zero-order valence-corrected chi connectivity index (χ0v) is 23.5. The van der Waals surface area contributed by atoms with Crippen molar-refractivity contribution in [3.05, 3.63) is 40.0 Å². The number of allylic oxidation sites excluding steroid dienone is 3. The van der Waals surface area contributed by atoms with E-state index in [4.69, 9.17) is 0 Å². The summed E-state index contributed by atoms with van der Waals surface area (Å²) in [5.74, 6) is 1.11. The SMILES string of the molecule is C=C(/C=C(\C)NC(=O)C(C)(C)NC1CCNCC1)C(C)(C)c1cnc(C)s1.CCCC1CCC1. The topological polar surface area (TPSA) is 66.1 Å². The van der Waals surface area contributed by atoms with E-state index in [-0.39, 0.29) is 11.3 Å². The summed E-state index contributed by atoms with van der Waals surface area (Å²) in [6.07, 6.45) is 13.4. The number of piperidine rings is 1. The fraction of sp³-hybridized carbons (Fsp3) is 0.714. The van der Waals surface area contributed by atoms with Gasteiger partial charge in [-0.25, -0.2) is 4.98 Å². The number of aromatic nitrogens is 1. The molecule has 2 aliphatic rings. The minimum absolute atomic E-state index is 0.0194. The van der Waals surface area contributed by atoms with Crippen LogP contribution in [-0.2, 0) is 10.2 Å². The molecule has 2 fully saturated rings. The number of nitrogens with one attached hydrogen (secondary N) is 3. The number of hydrogen-bond donors (Lipinski definition) is 3. The molecule has 0 atom stereocenters. The van der Waals surface area contributed by atoms with Crippen LogP contribution >= 0.6 is 11.3 Å². The first-order chi connectivity index (χ1) is 16.0. The van der Waals surface area contributed by atoms with Crippen LogP contribution in [0.3, 0.4) is 0 Å². The van der Waals surface area contributed by atoms with Crippen LogP contribution in [0.15, 0.2) is 30.1 Å². The molecule has 1 amide bonds. The molecule has 6 heteroatoms. The molecule has 1 saturated heterocycles. The van der Waals surface area contributed by atoms with Crippen LogP contribution in [0.4, 0.5) is 0 Å². The highest BCUT2D eigenvalue weighted by Crippen LogP contribution is 2.35. The largest absolute Gasteiger partial charge is 0.328 e. The molecular weight excluding hydrogens is 440 g/mol. The first-order valence-corrected chi connectivity index (χ1v) is 13.9. The highest BCUT2D eigenvalue weighted by molar-refractivity contribution is 7.11. The molecule has 5 nitrogen and oxygen atoms in total. The van der Waals surface area contributed by atoms with Crippen molar-refractivity contribution in [1.82, 2.24) is 20.9 Å². The van der Waals surface area contributed by atoms with Crippen LogP contribution in [0.2, 0.25) is 0 Å². The van der Waals surface area contributed by atoms with Crippen molar-refractivity contribution in [2.75, 3.05) is 13.1 Å². The quantitative estimate of drug-likeness (QED) is 0.372. The Balaban J connectivity index is 0.000000497. The summed E-state index contributed by atoms with van der Waals surface area (Å²) in [7, 11) is 0. The number of nitrogens with zero attached hydrogens (tertiary/aromatic N) is 1. The lowest BCUT2D eigenvalue weighted by molar-refractivity contribution is -0.126. The Morgan fingerprint density at radius 2 is 1.88 bits per heavy atom. The van der Waals surface area contributed by atoms with Crippen molar-refractivity contribution in [3.8, 4) is 0 Å². The highest BCUT2D eigenvalue weighted by atomic mass is 32.1. The third-order valence-corrected chi connectivity index (χ3v) is 8.37. The minimum atomic E-state index is -0.622. The van der Waals surface area contributed by atoms with Crippen LogP contribution in [0.25, 0.3) is 0 Å². The molecule has 1 aromatic heterocycles. The Kier molecular flexibility index (Phi) is 11.0. The van der Waals surface area contributed by atoms with E-state index in [0.29, 0.717) is 6.04 Å². The number of rotatable bonds is 9. The van der Waals surface area contributed by atoms with E-state index in [2.05, 4.69) is 48.3 Å². The van der Waals surface area contributed by atoms with Crippen molar-refractivity contribution < 1.29 is 4.79 Å². The van der Waals surface area contributed by atoms with Gasteiger partial charge in [-0.1, -0.05) is 59.5 Å². The smallest absolute Gasteiger partial charge is 0.243 e. The molecule has 3 rings (SSSR count). The molecule has 1 saturated carbocycles. The van der Waals surface area contributed by atoms with Crippen molar-refractivity contribution in [2.45, 2.75) is 110 Å². The number of aryl methyl sites for hydroxylation is 1. The molecule has 192 valence electrons. The van der Waals surface area contributed by atoms with Crippen molar-refractivity contribution >= 4 is 17.2 Å². The summed E-state index contributed by atoms with van der Waals surface area (Å²) in [4.78, 5) is 18.3. The lowest BCUT2D eigenvalue weighted by atomic mass is 9.82. The number of carbonyl (C=O) groups excluding carboxylic acids is 1. The van der Waals surface area contributed by atoms with Gasteiger partial charge >= 0.3 is 0 Å².